The van der Waals surface area contributed by atoms with E-state index in [1.165, 1.54) is 25.5 Å². The number of carbonyl (C=O) groups excluding carboxylic acids is 1. The third kappa shape index (κ3) is 3.15. The first-order valence-corrected chi connectivity index (χ1v) is 6.91. The standard InChI is InChI=1S/C13H16Cl2N2O/c1-2-3-13(4-5-13)8-17-12(18)9-6-10(14)11(15)16-7-9/h6-7H,2-5,8H2,1H3,(H,17,18). The first-order chi connectivity index (χ1) is 8.56. The SMILES string of the molecule is CCCC1(CNC(=O)c2cnc(Cl)c(Cl)c2)CC1. The Labute approximate surface area is 117 Å². The van der Waals surface area contributed by atoms with Gasteiger partial charge in [-0.25, -0.2) is 4.98 Å². The van der Waals surface area contributed by atoms with Crippen molar-refractivity contribution in [1.29, 1.82) is 0 Å². The van der Waals surface area contributed by atoms with Crippen LogP contribution >= 0.6 is 23.2 Å². The number of aromatic nitrogens is 1. The number of hydrogen-bond donors (Lipinski definition) is 1. The Balaban J connectivity index is 1.93. The van der Waals surface area contributed by atoms with Crippen molar-refractivity contribution in [2.75, 3.05) is 6.54 Å². The van der Waals surface area contributed by atoms with Crippen LogP contribution in [0.1, 0.15) is 43.0 Å². The summed E-state index contributed by atoms with van der Waals surface area (Å²) in [4.78, 5) is 15.8. The molecule has 2 rings (SSSR count). The van der Waals surface area contributed by atoms with Crippen molar-refractivity contribution in [1.82, 2.24) is 10.3 Å². The summed E-state index contributed by atoms with van der Waals surface area (Å²) in [5.74, 6) is -0.136. The molecule has 1 fully saturated rings. The molecule has 1 amide bonds. The summed E-state index contributed by atoms with van der Waals surface area (Å²) < 4.78 is 0. The van der Waals surface area contributed by atoms with Crippen LogP contribution < -0.4 is 5.32 Å². The van der Waals surface area contributed by atoms with E-state index in [1.807, 2.05) is 0 Å². The fraction of sp³-hybridized carbons (Fsp3) is 0.538. The Morgan fingerprint density at radius 3 is 2.78 bits per heavy atom. The largest absolute Gasteiger partial charge is 0.351 e. The molecule has 0 spiro atoms. The summed E-state index contributed by atoms with van der Waals surface area (Å²) in [5.41, 5.74) is 0.797. The van der Waals surface area contributed by atoms with Crippen LogP contribution in [0.15, 0.2) is 12.3 Å². The van der Waals surface area contributed by atoms with Crippen LogP contribution in [0.3, 0.4) is 0 Å². The van der Waals surface area contributed by atoms with Crippen molar-refractivity contribution in [2.24, 2.45) is 5.41 Å². The third-order valence-corrected chi connectivity index (χ3v) is 4.11. The van der Waals surface area contributed by atoms with Crippen molar-refractivity contribution in [3.05, 3.63) is 28.0 Å². The first kappa shape index (κ1) is 13.6. The lowest BCUT2D eigenvalue weighted by Gasteiger charge is -2.14. The molecule has 1 aliphatic carbocycles. The molecule has 1 saturated carbocycles. The molecule has 0 atom stereocenters. The second-order valence-electron chi connectivity index (χ2n) is 4.93. The maximum Gasteiger partial charge on any atom is 0.252 e. The number of amides is 1. The molecule has 98 valence electrons. The summed E-state index contributed by atoms with van der Waals surface area (Å²) in [5, 5.41) is 3.48. The molecule has 1 aromatic heterocycles. The molecule has 1 aliphatic rings. The van der Waals surface area contributed by atoms with E-state index in [-0.39, 0.29) is 11.1 Å². The smallest absolute Gasteiger partial charge is 0.252 e. The lowest BCUT2D eigenvalue weighted by molar-refractivity contribution is 0.0943. The zero-order chi connectivity index (χ0) is 13.2. The average molecular weight is 287 g/mol. The van der Waals surface area contributed by atoms with Crippen LogP contribution in [0.2, 0.25) is 10.2 Å². The summed E-state index contributed by atoms with van der Waals surface area (Å²) in [6.07, 6.45) is 6.20. The van der Waals surface area contributed by atoms with Crippen molar-refractivity contribution in [2.45, 2.75) is 32.6 Å². The van der Waals surface area contributed by atoms with Crippen molar-refractivity contribution >= 4 is 29.1 Å². The molecule has 1 aromatic rings. The van der Waals surface area contributed by atoms with Crippen LogP contribution in [0.25, 0.3) is 0 Å². The highest BCUT2D eigenvalue weighted by Crippen LogP contribution is 2.48. The minimum absolute atomic E-state index is 0.136. The van der Waals surface area contributed by atoms with E-state index < -0.39 is 0 Å². The van der Waals surface area contributed by atoms with Gasteiger partial charge < -0.3 is 5.32 Å². The quantitative estimate of drug-likeness (QED) is 0.839. The van der Waals surface area contributed by atoms with Gasteiger partial charge in [-0.3, -0.25) is 4.79 Å². The van der Waals surface area contributed by atoms with Gasteiger partial charge in [0, 0.05) is 12.7 Å². The number of nitrogens with zero attached hydrogens (tertiary/aromatic N) is 1. The molecule has 0 aliphatic heterocycles. The first-order valence-electron chi connectivity index (χ1n) is 6.15. The second-order valence-corrected chi connectivity index (χ2v) is 5.69. The normalized spacial score (nSPS) is 16.4. The van der Waals surface area contributed by atoms with Crippen molar-refractivity contribution in [3.8, 4) is 0 Å². The van der Waals surface area contributed by atoms with Crippen LogP contribution in [-0.2, 0) is 0 Å². The lowest BCUT2D eigenvalue weighted by Crippen LogP contribution is -2.30. The number of halogens is 2. The minimum Gasteiger partial charge on any atom is -0.351 e. The number of hydrogen-bond acceptors (Lipinski definition) is 2. The Hall–Kier alpha value is -0.800. The molecule has 3 nitrogen and oxygen atoms in total. The zero-order valence-corrected chi connectivity index (χ0v) is 11.8. The van der Waals surface area contributed by atoms with Crippen LogP contribution in [-0.4, -0.2) is 17.4 Å². The molecule has 0 bridgehead atoms. The van der Waals surface area contributed by atoms with E-state index in [0.717, 1.165) is 13.0 Å². The predicted octanol–water partition coefficient (Wildman–Crippen LogP) is 3.70. The average Bonchev–Trinajstić information content (AvgIpc) is 3.11. The van der Waals surface area contributed by atoms with Gasteiger partial charge in [0.05, 0.1) is 10.6 Å². The summed E-state index contributed by atoms with van der Waals surface area (Å²) in [7, 11) is 0. The molecule has 0 aromatic carbocycles. The highest BCUT2D eigenvalue weighted by Gasteiger charge is 2.41. The number of carbonyl (C=O) groups is 1. The molecule has 0 radical (unpaired) electrons. The maximum absolute atomic E-state index is 11.9. The van der Waals surface area contributed by atoms with Gasteiger partial charge in [-0.1, -0.05) is 36.5 Å². The van der Waals surface area contributed by atoms with E-state index in [2.05, 4.69) is 17.2 Å². The van der Waals surface area contributed by atoms with Gasteiger partial charge in [-0.2, -0.15) is 0 Å². The van der Waals surface area contributed by atoms with Gasteiger partial charge in [0.2, 0.25) is 0 Å². The summed E-state index contributed by atoms with van der Waals surface area (Å²) >= 11 is 11.5. The zero-order valence-electron chi connectivity index (χ0n) is 10.3. The molecule has 1 N–H and O–H groups in total. The lowest BCUT2D eigenvalue weighted by atomic mass is 10.0. The van der Waals surface area contributed by atoms with E-state index >= 15 is 0 Å². The molecule has 0 unspecified atom stereocenters. The van der Waals surface area contributed by atoms with Crippen LogP contribution in [0, 0.1) is 5.41 Å². The highest BCUT2D eigenvalue weighted by atomic mass is 35.5. The van der Waals surface area contributed by atoms with Crippen LogP contribution in [0.4, 0.5) is 0 Å². The Morgan fingerprint density at radius 2 is 2.22 bits per heavy atom. The van der Waals surface area contributed by atoms with E-state index in [1.54, 1.807) is 6.07 Å². The Morgan fingerprint density at radius 1 is 1.50 bits per heavy atom. The Bertz CT molecular complexity index is 458. The molecule has 5 heteroatoms. The van der Waals surface area contributed by atoms with E-state index in [0.29, 0.717) is 16.0 Å². The molecule has 1 heterocycles. The monoisotopic (exact) mass is 286 g/mol. The van der Waals surface area contributed by atoms with Crippen molar-refractivity contribution < 1.29 is 4.79 Å². The third-order valence-electron chi connectivity index (χ3n) is 3.42. The van der Waals surface area contributed by atoms with Crippen molar-refractivity contribution in [3.63, 3.8) is 0 Å². The van der Waals surface area contributed by atoms with Gasteiger partial charge in [0.1, 0.15) is 5.15 Å². The number of rotatable bonds is 5. The minimum atomic E-state index is -0.136. The fourth-order valence-corrected chi connectivity index (χ4v) is 2.41. The summed E-state index contributed by atoms with van der Waals surface area (Å²) in [6.45, 7) is 2.91. The molecular formula is C13H16Cl2N2O. The fourth-order valence-electron chi connectivity index (χ4n) is 2.14. The summed E-state index contributed by atoms with van der Waals surface area (Å²) in [6, 6.07) is 1.55. The van der Waals surface area contributed by atoms with E-state index in [4.69, 9.17) is 23.2 Å². The van der Waals surface area contributed by atoms with Gasteiger partial charge in [-0.15, -0.1) is 0 Å². The second kappa shape index (κ2) is 5.45. The van der Waals surface area contributed by atoms with E-state index in [9.17, 15) is 4.79 Å². The number of pyridine rings is 1. The predicted molar refractivity (Wildman–Crippen MR) is 73.2 cm³/mol. The molecule has 18 heavy (non-hydrogen) atoms. The highest BCUT2D eigenvalue weighted by molar-refractivity contribution is 6.41. The Kier molecular flexibility index (Phi) is 4.13. The van der Waals surface area contributed by atoms with Gasteiger partial charge >= 0.3 is 0 Å². The van der Waals surface area contributed by atoms with Gasteiger partial charge in [-0.05, 0) is 30.7 Å². The molecular weight excluding hydrogens is 271 g/mol. The number of nitrogens with one attached hydrogen (secondary N) is 1. The van der Waals surface area contributed by atoms with Crippen LogP contribution in [0.5, 0.6) is 0 Å². The van der Waals surface area contributed by atoms with Gasteiger partial charge in [0.25, 0.3) is 5.91 Å². The molecule has 0 saturated heterocycles. The maximum atomic E-state index is 11.9. The van der Waals surface area contributed by atoms with Gasteiger partial charge in [0.15, 0.2) is 0 Å². The topological polar surface area (TPSA) is 42.0 Å².